The smallest absolute Gasteiger partial charge is 0.308 e. The third-order valence-electron chi connectivity index (χ3n) is 6.40. The molecule has 0 aromatic heterocycles. The van der Waals surface area contributed by atoms with E-state index in [-0.39, 0.29) is 34.6 Å². The van der Waals surface area contributed by atoms with Crippen LogP contribution in [0.4, 0.5) is 0 Å². The van der Waals surface area contributed by atoms with E-state index in [1.165, 1.54) is 0 Å². The van der Waals surface area contributed by atoms with E-state index in [1.54, 1.807) is 0 Å². The summed E-state index contributed by atoms with van der Waals surface area (Å²) in [6.45, 7) is 18.5. The molecule has 0 spiro atoms. The van der Waals surface area contributed by atoms with Gasteiger partial charge in [-0.05, 0) is 61.2 Å². The highest BCUT2D eigenvalue weighted by molar-refractivity contribution is 5.75. The van der Waals surface area contributed by atoms with Gasteiger partial charge in [0.25, 0.3) is 0 Å². The minimum atomic E-state index is -0.0886. The van der Waals surface area contributed by atoms with Crippen LogP contribution in [0.5, 0.6) is 0 Å². The van der Waals surface area contributed by atoms with Crippen molar-refractivity contribution in [3.05, 3.63) is 0 Å². The van der Waals surface area contributed by atoms with Gasteiger partial charge in [-0.25, -0.2) is 0 Å². The number of carbonyl (C=O) groups excluding carboxylic acids is 2. The van der Waals surface area contributed by atoms with Crippen molar-refractivity contribution in [2.75, 3.05) is 13.2 Å². The first-order chi connectivity index (χ1) is 13.8. The summed E-state index contributed by atoms with van der Waals surface area (Å²) >= 11 is 0. The largest absolute Gasteiger partial charge is 0.465 e. The lowest BCUT2D eigenvalue weighted by molar-refractivity contribution is -0.158. The molecule has 1 aliphatic rings. The average Bonchev–Trinajstić information content (AvgIpc) is 2.67. The molecule has 176 valence electrons. The van der Waals surface area contributed by atoms with E-state index in [2.05, 4.69) is 55.4 Å². The molecule has 1 fully saturated rings. The van der Waals surface area contributed by atoms with Gasteiger partial charge in [0.15, 0.2) is 0 Å². The van der Waals surface area contributed by atoms with E-state index < -0.39 is 0 Å². The monoisotopic (exact) mass is 424 g/mol. The van der Waals surface area contributed by atoms with Gasteiger partial charge in [0.2, 0.25) is 0 Å². The molecule has 0 unspecified atom stereocenters. The molecule has 30 heavy (non-hydrogen) atoms. The van der Waals surface area contributed by atoms with Crippen LogP contribution in [0.15, 0.2) is 0 Å². The van der Waals surface area contributed by atoms with Gasteiger partial charge in [0.1, 0.15) is 0 Å². The van der Waals surface area contributed by atoms with Crippen molar-refractivity contribution < 1.29 is 19.1 Å². The zero-order chi connectivity index (χ0) is 22.9. The van der Waals surface area contributed by atoms with Gasteiger partial charge in [-0.2, -0.15) is 0 Å². The number of hydrogen-bond acceptors (Lipinski definition) is 4. The van der Waals surface area contributed by atoms with Gasteiger partial charge in [-0.3, -0.25) is 9.59 Å². The summed E-state index contributed by atoms with van der Waals surface area (Å²) in [4.78, 5) is 25.0. The van der Waals surface area contributed by atoms with Crippen LogP contribution in [0.3, 0.4) is 0 Å². The molecule has 0 bridgehead atoms. The summed E-state index contributed by atoms with van der Waals surface area (Å²) in [5.74, 6) is 1.00. The SMILES string of the molecule is CC(C)CCC(C)(C)COC(=O)C1CCC(C(=O)OCC(C)(C)CCC(C)C)CC1. The fourth-order valence-corrected chi connectivity index (χ4v) is 3.84. The van der Waals surface area contributed by atoms with E-state index in [0.717, 1.165) is 51.4 Å². The third kappa shape index (κ3) is 10.8. The highest BCUT2D eigenvalue weighted by Crippen LogP contribution is 2.33. The standard InChI is InChI=1S/C26H48O4/c1-19(2)13-15-25(5,6)17-29-23(27)21-9-11-22(12-10-21)24(28)30-18-26(7,8)16-14-20(3)4/h19-22H,9-18H2,1-8H3. The summed E-state index contributed by atoms with van der Waals surface area (Å²) in [7, 11) is 0. The second-order valence-corrected chi connectivity index (χ2v) is 12.0. The predicted octanol–water partition coefficient (Wildman–Crippen LogP) is 6.80. The van der Waals surface area contributed by atoms with Crippen LogP contribution in [0, 0.1) is 34.5 Å². The summed E-state index contributed by atoms with van der Waals surface area (Å²) in [5, 5.41) is 0. The quantitative estimate of drug-likeness (QED) is 0.323. The molecule has 0 N–H and O–H groups in total. The van der Waals surface area contributed by atoms with Gasteiger partial charge in [-0.1, -0.05) is 68.2 Å². The number of hydrogen-bond donors (Lipinski definition) is 0. The molecule has 1 rings (SSSR count). The van der Waals surface area contributed by atoms with Crippen molar-refractivity contribution in [3.63, 3.8) is 0 Å². The molecule has 4 heteroatoms. The fourth-order valence-electron chi connectivity index (χ4n) is 3.84. The van der Waals surface area contributed by atoms with E-state index >= 15 is 0 Å². The minimum Gasteiger partial charge on any atom is -0.465 e. The Kier molecular flexibility index (Phi) is 10.9. The van der Waals surface area contributed by atoms with Crippen LogP contribution in [0.25, 0.3) is 0 Å². The van der Waals surface area contributed by atoms with Crippen LogP contribution >= 0.6 is 0 Å². The van der Waals surface area contributed by atoms with Crippen molar-refractivity contribution in [1.82, 2.24) is 0 Å². The van der Waals surface area contributed by atoms with Crippen LogP contribution in [0.1, 0.15) is 107 Å². The second kappa shape index (κ2) is 12.1. The maximum absolute atomic E-state index is 12.5. The molecule has 0 heterocycles. The highest BCUT2D eigenvalue weighted by Gasteiger charge is 2.33. The van der Waals surface area contributed by atoms with Gasteiger partial charge in [0, 0.05) is 0 Å². The van der Waals surface area contributed by atoms with Crippen molar-refractivity contribution in [3.8, 4) is 0 Å². The number of esters is 2. The Balaban J connectivity index is 2.34. The lowest BCUT2D eigenvalue weighted by Crippen LogP contribution is -2.32. The summed E-state index contributed by atoms with van der Waals surface area (Å²) in [6, 6.07) is 0. The van der Waals surface area contributed by atoms with Gasteiger partial charge in [-0.15, -0.1) is 0 Å². The zero-order valence-corrected chi connectivity index (χ0v) is 21.0. The van der Waals surface area contributed by atoms with Crippen LogP contribution in [0.2, 0.25) is 0 Å². The van der Waals surface area contributed by atoms with E-state index in [9.17, 15) is 9.59 Å². The van der Waals surface area contributed by atoms with Crippen molar-refractivity contribution in [1.29, 1.82) is 0 Å². The van der Waals surface area contributed by atoms with Crippen LogP contribution < -0.4 is 0 Å². The second-order valence-electron chi connectivity index (χ2n) is 12.0. The molecule has 1 aliphatic carbocycles. The molecule has 0 atom stereocenters. The van der Waals surface area contributed by atoms with Crippen molar-refractivity contribution >= 4 is 11.9 Å². The molecule has 4 nitrogen and oxygen atoms in total. The molecule has 0 saturated heterocycles. The van der Waals surface area contributed by atoms with Crippen LogP contribution in [-0.2, 0) is 19.1 Å². The highest BCUT2D eigenvalue weighted by atomic mass is 16.5. The van der Waals surface area contributed by atoms with Gasteiger partial charge in [0.05, 0.1) is 25.0 Å². The molecule has 0 aromatic rings. The Bertz CT molecular complexity index is 477. The normalized spacial score (nSPS) is 20.5. The first-order valence-electron chi connectivity index (χ1n) is 12.1. The average molecular weight is 425 g/mol. The van der Waals surface area contributed by atoms with Crippen molar-refractivity contribution in [2.45, 2.75) is 107 Å². The van der Waals surface area contributed by atoms with Crippen molar-refractivity contribution in [2.24, 2.45) is 34.5 Å². The molecular formula is C26H48O4. The summed E-state index contributed by atoms with van der Waals surface area (Å²) in [5.41, 5.74) is 0.0343. The first kappa shape index (κ1) is 27.0. The maximum atomic E-state index is 12.5. The molecule has 0 radical (unpaired) electrons. The number of rotatable bonds is 12. The molecule has 0 aliphatic heterocycles. The van der Waals surface area contributed by atoms with E-state index in [4.69, 9.17) is 9.47 Å². The molecule has 0 amide bonds. The molecule has 0 aromatic carbocycles. The fraction of sp³-hybridized carbons (Fsp3) is 0.923. The summed E-state index contributed by atoms with van der Waals surface area (Å²) in [6.07, 6.45) is 7.30. The lowest BCUT2D eigenvalue weighted by Gasteiger charge is -2.30. The van der Waals surface area contributed by atoms with Gasteiger partial charge >= 0.3 is 11.9 Å². The Morgan fingerprint density at radius 3 is 1.27 bits per heavy atom. The summed E-state index contributed by atoms with van der Waals surface area (Å²) < 4.78 is 11.3. The first-order valence-corrected chi connectivity index (χ1v) is 12.1. The Morgan fingerprint density at radius 2 is 1.00 bits per heavy atom. The van der Waals surface area contributed by atoms with E-state index in [1.807, 2.05) is 0 Å². The topological polar surface area (TPSA) is 52.6 Å². The van der Waals surface area contributed by atoms with Crippen LogP contribution in [-0.4, -0.2) is 25.2 Å². The predicted molar refractivity (Wildman–Crippen MR) is 123 cm³/mol. The van der Waals surface area contributed by atoms with E-state index in [0.29, 0.717) is 25.0 Å². The zero-order valence-electron chi connectivity index (χ0n) is 21.0. The Hall–Kier alpha value is -1.06. The molecular weight excluding hydrogens is 376 g/mol. The Labute approximate surface area is 185 Å². The maximum Gasteiger partial charge on any atom is 0.308 e. The lowest BCUT2D eigenvalue weighted by atomic mass is 9.81. The van der Waals surface area contributed by atoms with Gasteiger partial charge < -0.3 is 9.47 Å². The molecule has 1 saturated carbocycles. The third-order valence-corrected chi connectivity index (χ3v) is 6.40. The minimum absolute atomic E-state index is 0.0172. The number of carbonyl (C=O) groups is 2. The Morgan fingerprint density at radius 1 is 0.700 bits per heavy atom. The number of ether oxygens (including phenoxy) is 2.